The SMILES string of the molecule is CCCNC(=O)NC(=O)CNc1ccc(CCn2nnc(-c3ccccc3)n2)cc1. The number of nitrogens with zero attached hydrogens (tertiary/aromatic N) is 4. The fourth-order valence-corrected chi connectivity index (χ4v) is 2.69. The van der Waals surface area contributed by atoms with Crippen molar-refractivity contribution in [2.45, 2.75) is 26.3 Å². The third-order valence-corrected chi connectivity index (χ3v) is 4.28. The highest BCUT2D eigenvalue weighted by atomic mass is 16.2. The molecule has 0 saturated carbocycles. The Hall–Kier alpha value is -3.75. The largest absolute Gasteiger partial charge is 0.376 e. The molecule has 2 aromatic carbocycles. The van der Waals surface area contributed by atoms with Crippen LogP contribution < -0.4 is 16.0 Å². The fraction of sp³-hybridized carbons (Fsp3) is 0.286. The predicted octanol–water partition coefficient (Wildman–Crippen LogP) is 2.23. The second-order valence-corrected chi connectivity index (χ2v) is 6.68. The van der Waals surface area contributed by atoms with Crippen LogP contribution in [0.3, 0.4) is 0 Å². The first kappa shape index (κ1) is 21.0. The van der Waals surface area contributed by atoms with E-state index in [9.17, 15) is 9.59 Å². The summed E-state index contributed by atoms with van der Waals surface area (Å²) in [6.45, 7) is 3.11. The summed E-state index contributed by atoms with van der Waals surface area (Å²) in [5.41, 5.74) is 2.85. The molecular weight excluding hydrogens is 382 g/mol. The van der Waals surface area contributed by atoms with Gasteiger partial charge in [0.1, 0.15) is 0 Å². The summed E-state index contributed by atoms with van der Waals surface area (Å²) in [4.78, 5) is 24.8. The molecule has 1 heterocycles. The standard InChI is InChI=1S/C21H25N7O2/c1-2-13-22-21(30)24-19(29)15-23-18-10-8-16(9-11-18)12-14-28-26-20(25-27-28)17-6-4-3-5-7-17/h3-11,23H,2,12-15H2,1H3,(H2,22,24,29,30). The van der Waals surface area contributed by atoms with Crippen LogP contribution in [0.15, 0.2) is 54.6 Å². The number of hydrogen-bond acceptors (Lipinski definition) is 6. The van der Waals surface area contributed by atoms with Crippen molar-refractivity contribution in [2.24, 2.45) is 0 Å². The third kappa shape index (κ3) is 6.40. The molecule has 30 heavy (non-hydrogen) atoms. The van der Waals surface area contributed by atoms with Gasteiger partial charge in [-0.3, -0.25) is 10.1 Å². The Labute approximate surface area is 174 Å². The summed E-state index contributed by atoms with van der Waals surface area (Å²) in [7, 11) is 0. The molecule has 0 fully saturated rings. The minimum Gasteiger partial charge on any atom is -0.376 e. The molecule has 9 nitrogen and oxygen atoms in total. The average molecular weight is 407 g/mol. The maximum absolute atomic E-state index is 11.8. The summed E-state index contributed by atoms with van der Waals surface area (Å²) in [5, 5.41) is 20.5. The summed E-state index contributed by atoms with van der Waals surface area (Å²) >= 11 is 0. The van der Waals surface area contributed by atoms with Crippen molar-refractivity contribution in [1.82, 2.24) is 30.8 Å². The highest BCUT2D eigenvalue weighted by Gasteiger charge is 2.07. The number of carbonyl (C=O) groups is 2. The van der Waals surface area contributed by atoms with Gasteiger partial charge in [-0.15, -0.1) is 10.2 Å². The molecule has 3 rings (SSSR count). The van der Waals surface area contributed by atoms with Gasteiger partial charge in [0.15, 0.2) is 0 Å². The number of imide groups is 1. The van der Waals surface area contributed by atoms with E-state index in [1.807, 2.05) is 61.5 Å². The van der Waals surface area contributed by atoms with Crippen LogP contribution >= 0.6 is 0 Å². The Bertz CT molecular complexity index is 955. The summed E-state index contributed by atoms with van der Waals surface area (Å²) in [6.07, 6.45) is 1.57. The van der Waals surface area contributed by atoms with E-state index in [-0.39, 0.29) is 12.5 Å². The number of carbonyl (C=O) groups excluding carboxylic acids is 2. The van der Waals surface area contributed by atoms with Gasteiger partial charge in [-0.1, -0.05) is 49.4 Å². The van der Waals surface area contributed by atoms with Crippen LogP contribution in [0.4, 0.5) is 10.5 Å². The van der Waals surface area contributed by atoms with Crippen molar-refractivity contribution in [2.75, 3.05) is 18.4 Å². The van der Waals surface area contributed by atoms with Crippen molar-refractivity contribution in [1.29, 1.82) is 0 Å². The first-order valence-corrected chi connectivity index (χ1v) is 9.88. The number of urea groups is 1. The second-order valence-electron chi connectivity index (χ2n) is 6.68. The van der Waals surface area contributed by atoms with Gasteiger partial charge in [0.2, 0.25) is 11.7 Å². The van der Waals surface area contributed by atoms with E-state index < -0.39 is 6.03 Å². The molecule has 0 aliphatic rings. The van der Waals surface area contributed by atoms with Gasteiger partial charge in [0, 0.05) is 17.8 Å². The Kier molecular flexibility index (Phi) is 7.48. The second kappa shape index (κ2) is 10.7. The highest BCUT2D eigenvalue weighted by molar-refractivity contribution is 5.96. The fourth-order valence-electron chi connectivity index (χ4n) is 2.69. The quantitative estimate of drug-likeness (QED) is 0.501. The van der Waals surface area contributed by atoms with Crippen LogP contribution in [-0.2, 0) is 17.8 Å². The number of hydrogen-bond donors (Lipinski definition) is 3. The molecule has 3 N–H and O–H groups in total. The third-order valence-electron chi connectivity index (χ3n) is 4.28. The summed E-state index contributed by atoms with van der Waals surface area (Å²) in [6, 6.07) is 17.0. The zero-order valence-corrected chi connectivity index (χ0v) is 16.8. The Morgan fingerprint density at radius 1 is 1.03 bits per heavy atom. The van der Waals surface area contributed by atoms with Crippen LogP contribution in [0.1, 0.15) is 18.9 Å². The maximum Gasteiger partial charge on any atom is 0.321 e. The van der Waals surface area contributed by atoms with Gasteiger partial charge in [-0.05, 0) is 35.8 Å². The number of rotatable bonds is 9. The van der Waals surface area contributed by atoms with Crippen LogP contribution in [0, 0.1) is 0 Å². The van der Waals surface area contributed by atoms with E-state index in [2.05, 4.69) is 31.4 Å². The summed E-state index contributed by atoms with van der Waals surface area (Å²) in [5.74, 6) is 0.218. The number of aromatic nitrogens is 4. The van der Waals surface area contributed by atoms with Crippen molar-refractivity contribution in [3.05, 3.63) is 60.2 Å². The predicted molar refractivity (Wildman–Crippen MR) is 114 cm³/mol. The molecule has 3 aromatic rings. The molecule has 0 aliphatic carbocycles. The zero-order chi connectivity index (χ0) is 21.2. The lowest BCUT2D eigenvalue weighted by atomic mass is 10.1. The van der Waals surface area contributed by atoms with E-state index in [4.69, 9.17) is 0 Å². The van der Waals surface area contributed by atoms with Crippen molar-refractivity contribution >= 4 is 17.6 Å². The molecule has 156 valence electrons. The molecule has 0 saturated heterocycles. The first-order chi connectivity index (χ1) is 14.6. The number of anilines is 1. The Balaban J connectivity index is 1.43. The Morgan fingerprint density at radius 2 is 1.80 bits per heavy atom. The minimum atomic E-state index is -0.476. The molecule has 3 amide bonds. The lowest BCUT2D eigenvalue weighted by Gasteiger charge is -2.08. The van der Waals surface area contributed by atoms with Gasteiger partial charge < -0.3 is 10.6 Å². The van der Waals surface area contributed by atoms with E-state index in [0.717, 1.165) is 29.7 Å². The van der Waals surface area contributed by atoms with E-state index in [1.165, 1.54) is 0 Å². The molecule has 0 aliphatic heterocycles. The molecule has 0 spiro atoms. The van der Waals surface area contributed by atoms with Gasteiger partial charge in [-0.2, -0.15) is 4.80 Å². The van der Waals surface area contributed by atoms with Crippen LogP contribution in [-0.4, -0.2) is 45.2 Å². The average Bonchev–Trinajstić information content (AvgIpc) is 3.25. The molecule has 1 aromatic heterocycles. The van der Waals surface area contributed by atoms with Gasteiger partial charge in [0.25, 0.3) is 0 Å². The monoisotopic (exact) mass is 407 g/mol. The molecule has 0 bridgehead atoms. The minimum absolute atomic E-state index is 0.0179. The molecule has 9 heteroatoms. The summed E-state index contributed by atoms with van der Waals surface area (Å²) < 4.78 is 0. The van der Waals surface area contributed by atoms with Crippen molar-refractivity contribution in [3.63, 3.8) is 0 Å². The molecule has 0 atom stereocenters. The smallest absolute Gasteiger partial charge is 0.321 e. The topological polar surface area (TPSA) is 114 Å². The number of tetrazole rings is 1. The van der Waals surface area contributed by atoms with E-state index in [0.29, 0.717) is 18.9 Å². The van der Waals surface area contributed by atoms with Gasteiger partial charge in [-0.25, -0.2) is 4.79 Å². The number of amides is 3. The van der Waals surface area contributed by atoms with E-state index in [1.54, 1.807) is 4.80 Å². The lowest BCUT2D eigenvalue weighted by Crippen LogP contribution is -2.42. The number of aryl methyl sites for hydroxylation is 2. The molecular formula is C21H25N7O2. The van der Waals surface area contributed by atoms with Crippen molar-refractivity contribution < 1.29 is 9.59 Å². The molecule has 0 unspecified atom stereocenters. The highest BCUT2D eigenvalue weighted by Crippen LogP contribution is 2.13. The van der Waals surface area contributed by atoms with Gasteiger partial charge in [0.05, 0.1) is 13.1 Å². The van der Waals surface area contributed by atoms with E-state index >= 15 is 0 Å². The van der Waals surface area contributed by atoms with Gasteiger partial charge >= 0.3 is 6.03 Å². The zero-order valence-electron chi connectivity index (χ0n) is 16.8. The van der Waals surface area contributed by atoms with Crippen molar-refractivity contribution in [3.8, 4) is 11.4 Å². The maximum atomic E-state index is 11.8. The number of benzene rings is 2. The molecule has 0 radical (unpaired) electrons. The van der Waals surface area contributed by atoms with Crippen LogP contribution in [0.25, 0.3) is 11.4 Å². The lowest BCUT2D eigenvalue weighted by molar-refractivity contribution is -0.118. The van der Waals surface area contributed by atoms with Crippen LogP contribution in [0.5, 0.6) is 0 Å². The first-order valence-electron chi connectivity index (χ1n) is 9.88. The normalized spacial score (nSPS) is 10.4. The van der Waals surface area contributed by atoms with Crippen LogP contribution in [0.2, 0.25) is 0 Å². The Morgan fingerprint density at radius 3 is 2.53 bits per heavy atom. The number of nitrogens with one attached hydrogen (secondary N) is 3.